The smallest absolute Gasteiger partial charge is 0.261 e. The van der Waals surface area contributed by atoms with Crippen molar-refractivity contribution in [1.82, 2.24) is 4.90 Å². The van der Waals surface area contributed by atoms with E-state index in [4.69, 9.17) is 4.74 Å². The fraction of sp³-hybridized carbons (Fsp3) is 0.435. The molecule has 0 radical (unpaired) electrons. The third-order valence-electron chi connectivity index (χ3n) is 5.52. The van der Waals surface area contributed by atoms with Crippen LogP contribution in [0.25, 0.3) is 0 Å². The van der Waals surface area contributed by atoms with E-state index in [0.29, 0.717) is 18.7 Å². The summed E-state index contributed by atoms with van der Waals surface area (Å²) in [5, 5.41) is 0. The molecule has 7 heteroatoms. The maximum Gasteiger partial charge on any atom is 0.261 e. The first kappa shape index (κ1) is 22.2. The highest BCUT2D eigenvalue weighted by atomic mass is 32.2. The number of hydrogen-bond donors (Lipinski definition) is 0. The van der Waals surface area contributed by atoms with Gasteiger partial charge < -0.3 is 14.5 Å². The van der Waals surface area contributed by atoms with Gasteiger partial charge in [0.25, 0.3) is 5.91 Å². The van der Waals surface area contributed by atoms with Crippen LogP contribution in [0.5, 0.6) is 5.75 Å². The Labute approximate surface area is 179 Å². The lowest BCUT2D eigenvalue weighted by Gasteiger charge is -2.29. The molecule has 0 aliphatic carbocycles. The lowest BCUT2D eigenvalue weighted by atomic mass is 10.1. The van der Waals surface area contributed by atoms with Gasteiger partial charge in [-0.3, -0.25) is 4.79 Å². The zero-order valence-electron chi connectivity index (χ0n) is 18.1. The van der Waals surface area contributed by atoms with Gasteiger partial charge >= 0.3 is 0 Å². The number of para-hydroxylation sites is 1. The molecule has 1 saturated heterocycles. The molecule has 6 nitrogen and oxygen atoms in total. The standard InChI is InChI=1S/C23H30N2O4S/c1-17-6-5-7-18(2)23(17)29-15-22(26)25(21-12-13-30(27,28)16-21)14-19-8-10-20(11-9-19)24(3)4/h5-11,21H,12-16H2,1-4H3/t21-/m0/s1. The second-order valence-electron chi connectivity index (χ2n) is 8.15. The predicted molar refractivity (Wildman–Crippen MR) is 120 cm³/mol. The SMILES string of the molecule is Cc1cccc(C)c1OCC(=O)N(Cc1ccc(N(C)C)cc1)[C@H]1CCS(=O)(=O)C1. The van der Waals surface area contributed by atoms with Crippen molar-refractivity contribution in [3.8, 4) is 5.75 Å². The summed E-state index contributed by atoms with van der Waals surface area (Å²) in [6.07, 6.45) is 0.466. The molecule has 162 valence electrons. The van der Waals surface area contributed by atoms with Crippen molar-refractivity contribution >= 4 is 21.4 Å². The van der Waals surface area contributed by atoms with E-state index in [0.717, 1.165) is 22.4 Å². The Morgan fingerprint density at radius 3 is 2.23 bits per heavy atom. The highest BCUT2D eigenvalue weighted by molar-refractivity contribution is 7.91. The Balaban J connectivity index is 1.77. The topological polar surface area (TPSA) is 66.9 Å². The number of rotatable bonds is 7. The molecule has 1 fully saturated rings. The molecule has 0 saturated carbocycles. The van der Waals surface area contributed by atoms with Crippen LogP contribution in [0.2, 0.25) is 0 Å². The molecular formula is C23H30N2O4S. The Bertz CT molecular complexity index is 980. The molecule has 2 aromatic carbocycles. The first-order chi connectivity index (χ1) is 14.2. The van der Waals surface area contributed by atoms with Gasteiger partial charge in [-0.05, 0) is 49.1 Å². The average molecular weight is 431 g/mol. The quantitative estimate of drug-likeness (QED) is 0.676. The number of anilines is 1. The summed E-state index contributed by atoms with van der Waals surface area (Å²) in [7, 11) is 0.837. The van der Waals surface area contributed by atoms with E-state index in [1.807, 2.05) is 75.3 Å². The summed E-state index contributed by atoms with van der Waals surface area (Å²) in [5.74, 6) is 0.646. The fourth-order valence-corrected chi connectivity index (χ4v) is 5.51. The molecule has 2 aromatic rings. The second kappa shape index (κ2) is 9.08. The molecule has 1 amide bonds. The number of carbonyl (C=O) groups excluding carboxylic acids is 1. The summed E-state index contributed by atoms with van der Waals surface area (Å²) in [6.45, 7) is 4.14. The molecule has 1 atom stereocenters. The molecule has 0 spiro atoms. The molecule has 0 N–H and O–H groups in total. The van der Waals surface area contributed by atoms with Crippen molar-refractivity contribution in [3.05, 3.63) is 59.2 Å². The van der Waals surface area contributed by atoms with Crippen molar-refractivity contribution in [2.45, 2.75) is 32.9 Å². The monoisotopic (exact) mass is 430 g/mol. The van der Waals surface area contributed by atoms with Crippen molar-refractivity contribution in [3.63, 3.8) is 0 Å². The van der Waals surface area contributed by atoms with E-state index in [1.54, 1.807) is 4.90 Å². The number of benzene rings is 2. The summed E-state index contributed by atoms with van der Waals surface area (Å²) in [6, 6.07) is 13.5. The summed E-state index contributed by atoms with van der Waals surface area (Å²) < 4.78 is 29.9. The Kier molecular flexibility index (Phi) is 6.71. The van der Waals surface area contributed by atoms with Gasteiger partial charge in [0.1, 0.15) is 5.75 Å². The van der Waals surface area contributed by atoms with Crippen LogP contribution in [-0.2, 0) is 21.2 Å². The van der Waals surface area contributed by atoms with Crippen molar-refractivity contribution < 1.29 is 17.9 Å². The van der Waals surface area contributed by atoms with Crippen LogP contribution in [0.15, 0.2) is 42.5 Å². The summed E-state index contributed by atoms with van der Waals surface area (Å²) >= 11 is 0. The highest BCUT2D eigenvalue weighted by Crippen LogP contribution is 2.24. The van der Waals surface area contributed by atoms with E-state index in [-0.39, 0.29) is 30.1 Å². The Hall–Kier alpha value is -2.54. The number of carbonyl (C=O) groups is 1. The van der Waals surface area contributed by atoms with Gasteiger partial charge in [-0.15, -0.1) is 0 Å². The molecule has 0 bridgehead atoms. The number of aryl methyl sites for hydroxylation is 2. The molecule has 1 aliphatic rings. The van der Waals surface area contributed by atoms with Gasteiger partial charge in [-0.1, -0.05) is 30.3 Å². The summed E-state index contributed by atoms with van der Waals surface area (Å²) in [4.78, 5) is 16.8. The molecule has 0 unspecified atom stereocenters. The predicted octanol–water partition coefficient (Wildman–Crippen LogP) is 2.96. The number of sulfone groups is 1. The molecule has 1 heterocycles. The van der Waals surface area contributed by atoms with Crippen LogP contribution in [0.1, 0.15) is 23.1 Å². The van der Waals surface area contributed by atoms with E-state index in [2.05, 4.69) is 0 Å². The summed E-state index contributed by atoms with van der Waals surface area (Å²) in [5.41, 5.74) is 3.97. The maximum atomic E-state index is 13.1. The number of nitrogens with zero attached hydrogens (tertiary/aromatic N) is 2. The molecule has 0 aromatic heterocycles. The van der Waals surface area contributed by atoms with Gasteiger partial charge in [0.15, 0.2) is 16.4 Å². The first-order valence-electron chi connectivity index (χ1n) is 10.1. The normalized spacial score (nSPS) is 17.5. The van der Waals surface area contributed by atoms with E-state index < -0.39 is 9.84 Å². The van der Waals surface area contributed by atoms with Crippen molar-refractivity contribution in [1.29, 1.82) is 0 Å². The molecule has 3 rings (SSSR count). The molecule has 30 heavy (non-hydrogen) atoms. The number of ether oxygens (including phenoxy) is 1. The van der Waals surface area contributed by atoms with E-state index >= 15 is 0 Å². The Morgan fingerprint density at radius 2 is 1.70 bits per heavy atom. The van der Waals surface area contributed by atoms with Gasteiger partial charge in [0.2, 0.25) is 0 Å². The first-order valence-corrected chi connectivity index (χ1v) is 11.9. The maximum absolute atomic E-state index is 13.1. The van der Waals surface area contributed by atoms with Gasteiger partial charge in [0, 0.05) is 32.4 Å². The van der Waals surface area contributed by atoms with Crippen LogP contribution < -0.4 is 9.64 Å². The van der Waals surface area contributed by atoms with Crippen LogP contribution in [0.3, 0.4) is 0 Å². The average Bonchev–Trinajstić information content (AvgIpc) is 3.05. The van der Waals surface area contributed by atoms with Crippen LogP contribution in [0.4, 0.5) is 5.69 Å². The highest BCUT2D eigenvalue weighted by Gasteiger charge is 2.34. The van der Waals surface area contributed by atoms with Crippen LogP contribution in [-0.4, -0.2) is 57.5 Å². The van der Waals surface area contributed by atoms with Gasteiger partial charge in [-0.2, -0.15) is 0 Å². The fourth-order valence-electron chi connectivity index (χ4n) is 3.78. The van der Waals surface area contributed by atoms with Crippen LogP contribution in [0, 0.1) is 13.8 Å². The van der Waals surface area contributed by atoms with Crippen LogP contribution >= 0.6 is 0 Å². The Morgan fingerprint density at radius 1 is 1.07 bits per heavy atom. The molecule has 1 aliphatic heterocycles. The minimum absolute atomic E-state index is 0.0118. The third-order valence-corrected chi connectivity index (χ3v) is 7.27. The number of amides is 1. The lowest BCUT2D eigenvalue weighted by molar-refractivity contribution is -0.136. The van der Waals surface area contributed by atoms with Crippen molar-refractivity contribution in [2.24, 2.45) is 0 Å². The largest absolute Gasteiger partial charge is 0.483 e. The zero-order valence-corrected chi connectivity index (χ0v) is 18.9. The second-order valence-corrected chi connectivity index (χ2v) is 10.4. The number of hydrogen-bond acceptors (Lipinski definition) is 5. The van der Waals surface area contributed by atoms with Gasteiger partial charge in [-0.25, -0.2) is 8.42 Å². The minimum atomic E-state index is -3.11. The minimum Gasteiger partial charge on any atom is -0.483 e. The third kappa shape index (κ3) is 5.33. The molecular weight excluding hydrogens is 400 g/mol. The van der Waals surface area contributed by atoms with Crippen molar-refractivity contribution in [2.75, 3.05) is 37.1 Å². The van der Waals surface area contributed by atoms with E-state index in [1.165, 1.54) is 0 Å². The van der Waals surface area contributed by atoms with E-state index in [9.17, 15) is 13.2 Å². The lowest BCUT2D eigenvalue weighted by Crippen LogP contribution is -2.43. The van der Waals surface area contributed by atoms with Gasteiger partial charge in [0.05, 0.1) is 11.5 Å². The zero-order chi connectivity index (χ0) is 21.9.